The molecule has 0 spiro atoms. The Balaban J connectivity index is 1.57. The van der Waals surface area contributed by atoms with E-state index in [1.54, 1.807) is 24.5 Å². The molecule has 18 heavy (non-hydrogen) atoms. The summed E-state index contributed by atoms with van der Waals surface area (Å²) in [5, 5.41) is 2.76. The molecular formula is C13H18N2O3. The Morgan fingerprint density at radius 1 is 1.61 bits per heavy atom. The second-order valence-corrected chi connectivity index (χ2v) is 4.25. The maximum absolute atomic E-state index is 11.6. The van der Waals surface area contributed by atoms with E-state index in [2.05, 4.69) is 10.3 Å². The minimum Gasteiger partial charge on any atom is -0.378 e. The molecule has 5 heteroatoms. The molecule has 2 rings (SSSR count). The predicted octanol–water partition coefficient (Wildman–Crippen LogP) is 1.61. The third kappa shape index (κ3) is 4.43. The first-order valence-corrected chi connectivity index (χ1v) is 6.24. The number of nitrogens with one attached hydrogen (secondary N) is 1. The van der Waals surface area contributed by atoms with Gasteiger partial charge in [0.2, 0.25) is 5.91 Å². The number of hydrogen-bond acceptors (Lipinski definition) is 4. The average Bonchev–Trinajstić information content (AvgIpc) is 2.89. The van der Waals surface area contributed by atoms with Gasteiger partial charge >= 0.3 is 0 Å². The van der Waals surface area contributed by atoms with Crippen molar-refractivity contribution in [2.75, 3.05) is 25.1 Å². The van der Waals surface area contributed by atoms with Gasteiger partial charge in [0, 0.05) is 12.8 Å². The van der Waals surface area contributed by atoms with Crippen LogP contribution >= 0.6 is 0 Å². The molecule has 0 radical (unpaired) electrons. The third-order valence-corrected chi connectivity index (χ3v) is 2.75. The lowest BCUT2D eigenvalue weighted by Crippen LogP contribution is -2.18. The summed E-state index contributed by atoms with van der Waals surface area (Å²) in [6.07, 6.45) is 6.01. The maximum atomic E-state index is 11.6. The summed E-state index contributed by atoms with van der Waals surface area (Å²) in [5.74, 6) is -0.0599. The van der Waals surface area contributed by atoms with E-state index in [4.69, 9.17) is 9.47 Å². The topological polar surface area (TPSA) is 60.5 Å². The minimum absolute atomic E-state index is 0.0599. The molecule has 5 nitrogen and oxygen atoms in total. The van der Waals surface area contributed by atoms with Crippen molar-refractivity contribution in [3.63, 3.8) is 0 Å². The first-order valence-electron chi connectivity index (χ1n) is 6.24. The molecule has 1 aliphatic heterocycles. The van der Waals surface area contributed by atoms with Crippen molar-refractivity contribution < 1.29 is 14.3 Å². The van der Waals surface area contributed by atoms with Crippen LogP contribution in [0.4, 0.5) is 5.69 Å². The van der Waals surface area contributed by atoms with Crippen LogP contribution in [-0.2, 0) is 14.3 Å². The Hall–Kier alpha value is -1.46. The Morgan fingerprint density at radius 2 is 2.56 bits per heavy atom. The highest BCUT2D eigenvalue weighted by molar-refractivity contribution is 5.90. The van der Waals surface area contributed by atoms with Crippen molar-refractivity contribution in [2.45, 2.75) is 25.4 Å². The number of rotatable bonds is 6. The summed E-state index contributed by atoms with van der Waals surface area (Å²) < 4.78 is 10.8. The molecular weight excluding hydrogens is 232 g/mol. The fourth-order valence-electron chi connectivity index (χ4n) is 1.82. The fraction of sp³-hybridized carbons (Fsp3) is 0.538. The van der Waals surface area contributed by atoms with Gasteiger partial charge in [-0.25, -0.2) is 0 Å². The number of ether oxygens (including phenoxy) is 2. The van der Waals surface area contributed by atoms with E-state index in [1.165, 1.54) is 0 Å². The van der Waals surface area contributed by atoms with Gasteiger partial charge in [-0.2, -0.15) is 0 Å². The molecule has 0 unspecified atom stereocenters. The number of anilines is 1. The van der Waals surface area contributed by atoms with Crippen LogP contribution in [-0.4, -0.2) is 36.8 Å². The van der Waals surface area contributed by atoms with Gasteiger partial charge in [0.25, 0.3) is 0 Å². The van der Waals surface area contributed by atoms with Crippen LogP contribution < -0.4 is 5.32 Å². The van der Waals surface area contributed by atoms with Crippen molar-refractivity contribution in [1.29, 1.82) is 0 Å². The molecule has 1 fully saturated rings. The van der Waals surface area contributed by atoms with Crippen LogP contribution in [0.15, 0.2) is 24.5 Å². The second-order valence-electron chi connectivity index (χ2n) is 4.25. The number of nitrogens with zero attached hydrogens (tertiary/aromatic N) is 1. The Kier molecular flexibility index (Phi) is 5.11. The van der Waals surface area contributed by atoms with E-state index >= 15 is 0 Å². The van der Waals surface area contributed by atoms with Crippen LogP contribution in [0.1, 0.15) is 19.3 Å². The van der Waals surface area contributed by atoms with Crippen molar-refractivity contribution in [1.82, 2.24) is 4.98 Å². The zero-order valence-electron chi connectivity index (χ0n) is 10.3. The highest BCUT2D eigenvalue weighted by Crippen LogP contribution is 2.12. The fourth-order valence-corrected chi connectivity index (χ4v) is 1.82. The number of pyridine rings is 1. The molecule has 98 valence electrons. The molecule has 1 saturated heterocycles. The Bertz CT molecular complexity index is 364. The largest absolute Gasteiger partial charge is 0.378 e. The first-order chi connectivity index (χ1) is 8.84. The Morgan fingerprint density at radius 3 is 3.28 bits per heavy atom. The second kappa shape index (κ2) is 7.08. The van der Waals surface area contributed by atoms with Crippen LogP contribution in [0.3, 0.4) is 0 Å². The molecule has 1 aromatic rings. The van der Waals surface area contributed by atoms with Crippen LogP contribution in [0, 0.1) is 0 Å². The molecule has 1 atom stereocenters. The molecule has 1 aromatic heterocycles. The number of aromatic nitrogens is 1. The van der Waals surface area contributed by atoms with Crippen molar-refractivity contribution in [2.24, 2.45) is 0 Å². The van der Waals surface area contributed by atoms with E-state index < -0.39 is 0 Å². The Labute approximate surface area is 107 Å². The molecule has 0 aromatic carbocycles. The van der Waals surface area contributed by atoms with Crippen molar-refractivity contribution >= 4 is 11.6 Å². The maximum Gasteiger partial charge on any atom is 0.226 e. The number of amides is 1. The highest BCUT2D eigenvalue weighted by atomic mass is 16.5. The molecule has 2 heterocycles. The summed E-state index contributed by atoms with van der Waals surface area (Å²) in [4.78, 5) is 15.5. The van der Waals surface area contributed by atoms with E-state index in [9.17, 15) is 4.79 Å². The van der Waals surface area contributed by atoms with E-state index in [0.717, 1.165) is 19.4 Å². The van der Waals surface area contributed by atoms with Gasteiger partial charge in [-0.1, -0.05) is 0 Å². The van der Waals surface area contributed by atoms with Gasteiger partial charge in [0.15, 0.2) is 0 Å². The van der Waals surface area contributed by atoms with Crippen molar-refractivity contribution in [3.8, 4) is 0 Å². The highest BCUT2D eigenvalue weighted by Gasteiger charge is 2.15. The quantitative estimate of drug-likeness (QED) is 0.779. The molecule has 0 aliphatic carbocycles. The summed E-state index contributed by atoms with van der Waals surface area (Å²) in [6, 6.07) is 3.58. The minimum atomic E-state index is -0.0599. The monoisotopic (exact) mass is 250 g/mol. The van der Waals surface area contributed by atoms with E-state index in [-0.39, 0.29) is 12.0 Å². The molecule has 0 bridgehead atoms. The number of carbonyl (C=O) groups excluding carboxylic acids is 1. The normalized spacial score (nSPS) is 18.8. The van der Waals surface area contributed by atoms with Gasteiger partial charge < -0.3 is 14.8 Å². The van der Waals surface area contributed by atoms with Gasteiger partial charge in [0.05, 0.1) is 37.6 Å². The number of carbonyl (C=O) groups is 1. The summed E-state index contributed by atoms with van der Waals surface area (Å²) >= 11 is 0. The van der Waals surface area contributed by atoms with Gasteiger partial charge in [-0.3, -0.25) is 9.78 Å². The SMILES string of the molecule is O=C(CCOC[C@H]1CCCO1)Nc1cccnc1. The zero-order valence-corrected chi connectivity index (χ0v) is 10.3. The molecule has 1 amide bonds. The predicted molar refractivity (Wildman–Crippen MR) is 67.3 cm³/mol. The van der Waals surface area contributed by atoms with Crippen LogP contribution in [0.2, 0.25) is 0 Å². The lowest BCUT2D eigenvalue weighted by Gasteiger charge is -2.10. The summed E-state index contributed by atoms with van der Waals surface area (Å²) in [6.45, 7) is 1.83. The van der Waals surface area contributed by atoms with Crippen molar-refractivity contribution in [3.05, 3.63) is 24.5 Å². The van der Waals surface area contributed by atoms with Gasteiger partial charge in [0.1, 0.15) is 0 Å². The standard InChI is InChI=1S/C13H18N2O3/c16-13(15-11-3-1-6-14-9-11)5-8-17-10-12-4-2-7-18-12/h1,3,6,9,12H,2,4-5,7-8,10H2,(H,15,16)/t12-/m1/s1. The molecule has 1 N–H and O–H groups in total. The van der Waals surface area contributed by atoms with Crippen LogP contribution in [0.25, 0.3) is 0 Å². The lowest BCUT2D eigenvalue weighted by atomic mass is 10.2. The summed E-state index contributed by atoms with van der Waals surface area (Å²) in [5.41, 5.74) is 0.710. The van der Waals surface area contributed by atoms with Gasteiger partial charge in [-0.05, 0) is 25.0 Å². The first kappa shape index (κ1) is 13.0. The smallest absolute Gasteiger partial charge is 0.226 e. The van der Waals surface area contributed by atoms with Crippen LogP contribution in [0.5, 0.6) is 0 Å². The van der Waals surface area contributed by atoms with Gasteiger partial charge in [-0.15, -0.1) is 0 Å². The average molecular weight is 250 g/mol. The summed E-state index contributed by atoms with van der Waals surface area (Å²) in [7, 11) is 0. The third-order valence-electron chi connectivity index (χ3n) is 2.75. The number of hydrogen-bond donors (Lipinski definition) is 1. The zero-order chi connectivity index (χ0) is 12.6. The van der Waals surface area contributed by atoms with E-state index in [0.29, 0.717) is 25.3 Å². The lowest BCUT2D eigenvalue weighted by molar-refractivity contribution is -0.117. The van der Waals surface area contributed by atoms with E-state index in [1.807, 2.05) is 0 Å². The molecule has 1 aliphatic rings. The molecule has 0 saturated carbocycles.